The van der Waals surface area contributed by atoms with Gasteiger partial charge in [0.1, 0.15) is 0 Å². The van der Waals surface area contributed by atoms with Crippen LogP contribution in [0.15, 0.2) is 54.9 Å². The van der Waals surface area contributed by atoms with Crippen molar-refractivity contribution in [2.24, 2.45) is 0 Å². The zero-order chi connectivity index (χ0) is 11.9. The van der Waals surface area contributed by atoms with Crippen molar-refractivity contribution < 1.29 is 4.21 Å². The number of rotatable bonds is 5. The van der Waals surface area contributed by atoms with Crippen molar-refractivity contribution in [3.63, 3.8) is 0 Å². The SMILES string of the molecule is O=[S@@](CCc1ccncc1)Cc1ccccc1. The number of benzene rings is 1. The summed E-state index contributed by atoms with van der Waals surface area (Å²) in [6.07, 6.45) is 4.40. The Morgan fingerprint density at radius 2 is 1.65 bits per heavy atom. The van der Waals surface area contributed by atoms with Crippen molar-refractivity contribution in [1.29, 1.82) is 0 Å². The first-order chi connectivity index (χ1) is 8.34. The molecule has 2 rings (SSSR count). The minimum Gasteiger partial charge on any atom is -0.265 e. The maximum Gasteiger partial charge on any atom is 0.0485 e. The van der Waals surface area contributed by atoms with E-state index in [-0.39, 0.29) is 0 Å². The molecule has 2 aromatic rings. The van der Waals surface area contributed by atoms with Crippen molar-refractivity contribution in [3.05, 3.63) is 66.0 Å². The van der Waals surface area contributed by atoms with Crippen LogP contribution in [0.25, 0.3) is 0 Å². The van der Waals surface area contributed by atoms with Crippen LogP contribution in [0.5, 0.6) is 0 Å². The van der Waals surface area contributed by atoms with Crippen molar-refractivity contribution in [3.8, 4) is 0 Å². The minimum absolute atomic E-state index is 0.645. The first kappa shape index (κ1) is 12.0. The van der Waals surface area contributed by atoms with Gasteiger partial charge in [-0.15, -0.1) is 0 Å². The van der Waals surface area contributed by atoms with Gasteiger partial charge in [-0.3, -0.25) is 9.19 Å². The molecule has 88 valence electrons. The molecule has 2 nitrogen and oxygen atoms in total. The zero-order valence-corrected chi connectivity index (χ0v) is 10.4. The Morgan fingerprint density at radius 3 is 2.35 bits per heavy atom. The van der Waals surface area contributed by atoms with Crippen LogP contribution in [-0.4, -0.2) is 14.9 Å². The summed E-state index contributed by atoms with van der Waals surface area (Å²) in [4.78, 5) is 3.96. The Morgan fingerprint density at radius 1 is 0.941 bits per heavy atom. The van der Waals surface area contributed by atoms with Crippen molar-refractivity contribution in [1.82, 2.24) is 4.98 Å². The summed E-state index contributed by atoms with van der Waals surface area (Å²) >= 11 is 0. The molecule has 0 saturated carbocycles. The fraction of sp³-hybridized carbons (Fsp3) is 0.214. The molecule has 17 heavy (non-hydrogen) atoms. The second-order valence-electron chi connectivity index (χ2n) is 3.88. The Balaban J connectivity index is 1.83. The zero-order valence-electron chi connectivity index (χ0n) is 9.58. The predicted molar refractivity (Wildman–Crippen MR) is 71.1 cm³/mol. The molecule has 0 aliphatic heterocycles. The smallest absolute Gasteiger partial charge is 0.0485 e. The summed E-state index contributed by atoms with van der Waals surface area (Å²) < 4.78 is 11.9. The third-order valence-electron chi connectivity index (χ3n) is 2.54. The summed E-state index contributed by atoms with van der Waals surface area (Å²) in [6.45, 7) is 0. The van der Waals surface area contributed by atoms with Gasteiger partial charge in [0.05, 0.1) is 0 Å². The second-order valence-corrected chi connectivity index (χ2v) is 5.46. The molecule has 0 radical (unpaired) electrons. The van der Waals surface area contributed by atoms with E-state index in [1.807, 2.05) is 42.5 Å². The Hall–Kier alpha value is -1.48. The monoisotopic (exact) mass is 245 g/mol. The largest absolute Gasteiger partial charge is 0.265 e. The van der Waals surface area contributed by atoms with Gasteiger partial charge in [0, 0.05) is 34.7 Å². The molecule has 3 heteroatoms. The lowest BCUT2D eigenvalue weighted by molar-refractivity contribution is 0.682. The van der Waals surface area contributed by atoms with Crippen molar-refractivity contribution in [2.45, 2.75) is 12.2 Å². The molecule has 1 atom stereocenters. The standard InChI is InChI=1S/C14H15NOS/c16-17(12-14-4-2-1-3-5-14)11-8-13-6-9-15-10-7-13/h1-7,9-10H,8,11-12H2/t17-/m0/s1. The molecule has 0 fully saturated rings. The molecule has 1 aromatic carbocycles. The molecular weight excluding hydrogens is 230 g/mol. The molecule has 0 N–H and O–H groups in total. The van der Waals surface area contributed by atoms with Gasteiger partial charge in [-0.05, 0) is 29.7 Å². The number of hydrogen-bond donors (Lipinski definition) is 0. The van der Waals surface area contributed by atoms with Gasteiger partial charge in [0.15, 0.2) is 0 Å². The van der Waals surface area contributed by atoms with E-state index in [1.165, 1.54) is 5.56 Å². The van der Waals surface area contributed by atoms with Crippen LogP contribution >= 0.6 is 0 Å². The number of pyridine rings is 1. The fourth-order valence-corrected chi connectivity index (χ4v) is 2.79. The Labute approximate surface area is 104 Å². The third kappa shape index (κ3) is 4.11. The highest BCUT2D eigenvalue weighted by Gasteiger charge is 2.02. The number of aromatic nitrogens is 1. The lowest BCUT2D eigenvalue weighted by atomic mass is 10.2. The van der Waals surface area contributed by atoms with Gasteiger partial charge in [0.2, 0.25) is 0 Å². The van der Waals surface area contributed by atoms with E-state index < -0.39 is 10.8 Å². The lowest BCUT2D eigenvalue weighted by Crippen LogP contribution is -2.03. The van der Waals surface area contributed by atoms with Gasteiger partial charge in [0.25, 0.3) is 0 Å². The van der Waals surface area contributed by atoms with E-state index in [0.29, 0.717) is 11.5 Å². The number of nitrogens with zero attached hydrogens (tertiary/aromatic N) is 1. The summed E-state index contributed by atoms with van der Waals surface area (Å²) in [5.74, 6) is 1.35. The van der Waals surface area contributed by atoms with E-state index in [4.69, 9.17) is 0 Å². The van der Waals surface area contributed by atoms with Crippen LogP contribution in [0.1, 0.15) is 11.1 Å². The maximum absolute atomic E-state index is 11.9. The molecule has 1 aromatic heterocycles. The van der Waals surface area contributed by atoms with Crippen LogP contribution in [0.3, 0.4) is 0 Å². The molecule has 0 amide bonds. The summed E-state index contributed by atoms with van der Waals surface area (Å²) in [7, 11) is -0.792. The van der Waals surface area contributed by atoms with E-state index >= 15 is 0 Å². The first-order valence-corrected chi connectivity index (χ1v) is 7.11. The number of aryl methyl sites for hydroxylation is 1. The van der Waals surface area contributed by atoms with Crippen LogP contribution in [0, 0.1) is 0 Å². The molecular formula is C14H15NOS. The van der Waals surface area contributed by atoms with E-state index in [9.17, 15) is 4.21 Å². The molecule has 1 heterocycles. The summed E-state index contributed by atoms with van der Waals surface area (Å²) in [6, 6.07) is 13.9. The Bertz CT molecular complexity index is 470. The van der Waals surface area contributed by atoms with E-state index in [2.05, 4.69) is 4.98 Å². The van der Waals surface area contributed by atoms with Gasteiger partial charge in [-0.25, -0.2) is 0 Å². The highest BCUT2D eigenvalue weighted by molar-refractivity contribution is 7.84. The predicted octanol–water partition coefficient (Wildman–Crippen LogP) is 2.57. The average Bonchev–Trinajstić information content (AvgIpc) is 2.39. The van der Waals surface area contributed by atoms with Crippen LogP contribution < -0.4 is 0 Å². The normalized spacial score (nSPS) is 12.2. The minimum atomic E-state index is -0.792. The number of hydrogen-bond acceptors (Lipinski definition) is 2. The molecule has 0 unspecified atom stereocenters. The molecule has 0 aliphatic carbocycles. The van der Waals surface area contributed by atoms with Gasteiger partial charge < -0.3 is 0 Å². The fourth-order valence-electron chi connectivity index (χ4n) is 1.61. The quantitative estimate of drug-likeness (QED) is 0.810. The van der Waals surface area contributed by atoms with Crippen molar-refractivity contribution in [2.75, 3.05) is 5.75 Å². The van der Waals surface area contributed by atoms with Crippen LogP contribution in [0.4, 0.5) is 0 Å². The average molecular weight is 245 g/mol. The molecule has 0 spiro atoms. The van der Waals surface area contributed by atoms with Crippen LogP contribution in [-0.2, 0) is 23.0 Å². The van der Waals surface area contributed by atoms with E-state index in [1.54, 1.807) is 12.4 Å². The molecule has 0 bridgehead atoms. The van der Waals surface area contributed by atoms with Gasteiger partial charge in [-0.2, -0.15) is 0 Å². The second kappa shape index (κ2) is 6.30. The highest BCUT2D eigenvalue weighted by atomic mass is 32.2. The Kier molecular flexibility index (Phi) is 4.45. The summed E-state index contributed by atoms with van der Waals surface area (Å²) in [5.41, 5.74) is 2.34. The van der Waals surface area contributed by atoms with Gasteiger partial charge >= 0.3 is 0 Å². The third-order valence-corrected chi connectivity index (χ3v) is 3.85. The lowest BCUT2D eigenvalue weighted by Gasteiger charge is -2.02. The highest BCUT2D eigenvalue weighted by Crippen LogP contribution is 2.05. The molecule has 0 saturated heterocycles. The van der Waals surface area contributed by atoms with E-state index in [0.717, 1.165) is 12.0 Å². The summed E-state index contributed by atoms with van der Waals surface area (Å²) in [5, 5.41) is 0. The van der Waals surface area contributed by atoms with Gasteiger partial charge in [-0.1, -0.05) is 30.3 Å². The first-order valence-electron chi connectivity index (χ1n) is 5.62. The molecule has 0 aliphatic rings. The van der Waals surface area contributed by atoms with Crippen LogP contribution in [0.2, 0.25) is 0 Å². The topological polar surface area (TPSA) is 30.0 Å². The maximum atomic E-state index is 11.9. The van der Waals surface area contributed by atoms with Crippen molar-refractivity contribution >= 4 is 10.8 Å².